The summed E-state index contributed by atoms with van der Waals surface area (Å²) in [5.74, 6) is 1.10. The molecule has 2 heterocycles. The first-order valence-corrected chi connectivity index (χ1v) is 12.2. The van der Waals surface area contributed by atoms with Gasteiger partial charge in [0, 0.05) is 38.1 Å². The van der Waals surface area contributed by atoms with Crippen molar-refractivity contribution in [2.45, 2.75) is 18.9 Å². The quantitative estimate of drug-likeness (QED) is 0.444. The molecule has 0 aliphatic carbocycles. The van der Waals surface area contributed by atoms with E-state index < -0.39 is 6.04 Å². The highest BCUT2D eigenvalue weighted by molar-refractivity contribution is 6.07. The number of likely N-dealkylation sites (tertiary alicyclic amines) is 1. The van der Waals surface area contributed by atoms with Gasteiger partial charge < -0.3 is 19.5 Å². The average molecular weight is 483 g/mol. The molecule has 1 aromatic heterocycles. The van der Waals surface area contributed by atoms with Gasteiger partial charge in [-0.3, -0.25) is 9.59 Å². The minimum atomic E-state index is -0.410. The molecule has 1 N–H and O–H groups in total. The molecule has 0 unspecified atom stereocenters. The van der Waals surface area contributed by atoms with E-state index in [2.05, 4.69) is 10.3 Å². The van der Waals surface area contributed by atoms with Gasteiger partial charge >= 0.3 is 0 Å². The van der Waals surface area contributed by atoms with Gasteiger partial charge in [-0.05, 0) is 47.4 Å². The number of aromatic nitrogens is 2. The monoisotopic (exact) mass is 482 g/mol. The first kappa shape index (κ1) is 23.6. The normalized spacial score (nSPS) is 16.5. The third kappa shape index (κ3) is 4.69. The maximum Gasteiger partial charge on any atom is 0.254 e. The zero-order valence-corrected chi connectivity index (χ0v) is 20.6. The average Bonchev–Trinajstić information content (AvgIpc) is 3.36. The summed E-state index contributed by atoms with van der Waals surface area (Å²) in [4.78, 5) is 33.3. The van der Waals surface area contributed by atoms with E-state index in [0.29, 0.717) is 18.7 Å². The minimum Gasteiger partial charge on any atom is -0.497 e. The number of ether oxygens (including phenoxy) is 1. The number of rotatable bonds is 6. The second-order valence-corrected chi connectivity index (χ2v) is 9.23. The molecule has 0 saturated carbocycles. The maximum absolute atomic E-state index is 13.5. The van der Waals surface area contributed by atoms with Crippen LogP contribution in [0.2, 0.25) is 0 Å². The number of hydrogen-bond donors (Lipinski definition) is 1. The Labute approximate surface area is 210 Å². The van der Waals surface area contributed by atoms with Gasteiger partial charge in [-0.25, -0.2) is 4.98 Å². The Bertz CT molecular complexity index is 1370. The fraction of sp³-hybridized carbons (Fsp3) is 0.276. The number of hydrogen-bond acceptors (Lipinski definition) is 4. The molecule has 1 aliphatic rings. The molecule has 0 radical (unpaired) electrons. The Morgan fingerprint density at radius 1 is 1.06 bits per heavy atom. The summed E-state index contributed by atoms with van der Waals surface area (Å²) in [6.07, 6.45) is 5.11. The molecule has 36 heavy (non-hydrogen) atoms. The zero-order valence-electron chi connectivity index (χ0n) is 20.6. The van der Waals surface area contributed by atoms with Crippen LogP contribution in [0, 0.1) is 5.92 Å². The lowest BCUT2D eigenvalue weighted by Crippen LogP contribution is -2.46. The number of piperidine rings is 1. The van der Waals surface area contributed by atoms with Crippen LogP contribution in [0.3, 0.4) is 0 Å². The van der Waals surface area contributed by atoms with E-state index in [1.54, 1.807) is 13.3 Å². The summed E-state index contributed by atoms with van der Waals surface area (Å²) >= 11 is 0. The maximum atomic E-state index is 13.5. The molecule has 3 aromatic carbocycles. The van der Waals surface area contributed by atoms with Crippen LogP contribution in [-0.2, 0) is 11.8 Å². The Morgan fingerprint density at radius 3 is 2.58 bits per heavy atom. The first-order chi connectivity index (χ1) is 17.5. The topological polar surface area (TPSA) is 76.5 Å². The van der Waals surface area contributed by atoms with Gasteiger partial charge in [0.2, 0.25) is 5.91 Å². The molecule has 4 aromatic rings. The van der Waals surface area contributed by atoms with E-state index in [9.17, 15) is 9.59 Å². The highest BCUT2D eigenvalue weighted by Gasteiger charge is 2.31. The van der Waals surface area contributed by atoms with Crippen molar-refractivity contribution in [1.82, 2.24) is 19.8 Å². The summed E-state index contributed by atoms with van der Waals surface area (Å²) in [6.45, 7) is 1.04. The number of amides is 2. The molecule has 2 atom stereocenters. The van der Waals surface area contributed by atoms with Gasteiger partial charge in [0.25, 0.3) is 5.91 Å². The van der Waals surface area contributed by atoms with Crippen LogP contribution in [0.5, 0.6) is 5.75 Å². The number of nitrogens with zero attached hydrogens (tertiary/aromatic N) is 3. The summed E-state index contributed by atoms with van der Waals surface area (Å²) in [6, 6.07) is 20.9. The van der Waals surface area contributed by atoms with Gasteiger partial charge in [-0.2, -0.15) is 0 Å². The Kier molecular flexibility index (Phi) is 6.71. The van der Waals surface area contributed by atoms with Crippen LogP contribution in [-0.4, -0.2) is 46.5 Å². The molecule has 0 spiro atoms. The molecule has 1 fully saturated rings. The fourth-order valence-corrected chi connectivity index (χ4v) is 4.97. The molecule has 0 bridgehead atoms. The van der Waals surface area contributed by atoms with Crippen molar-refractivity contribution in [2.75, 3.05) is 20.2 Å². The highest BCUT2D eigenvalue weighted by atomic mass is 16.5. The standard InChI is InChI=1S/C29H30N4O3/c1-32-18-16-30-27(32)26(21-12-14-23(36-2)15-13-21)31-28(34)22-9-6-17-33(19-22)29(35)25-11-5-8-20-7-3-4-10-24(20)25/h3-5,7-8,10-16,18,22,26H,6,9,17,19H2,1-2H3,(H,31,34)/t22-,26+/m1/s1. The number of methoxy groups -OCH3 is 1. The smallest absolute Gasteiger partial charge is 0.254 e. The van der Waals surface area contributed by atoms with Gasteiger partial charge in [0.05, 0.1) is 13.0 Å². The van der Waals surface area contributed by atoms with E-state index in [0.717, 1.165) is 40.8 Å². The molecule has 7 nitrogen and oxygen atoms in total. The van der Waals surface area contributed by atoms with Crippen LogP contribution < -0.4 is 10.1 Å². The predicted molar refractivity (Wildman–Crippen MR) is 139 cm³/mol. The first-order valence-electron chi connectivity index (χ1n) is 12.2. The number of aryl methyl sites for hydroxylation is 1. The summed E-state index contributed by atoms with van der Waals surface area (Å²) in [5, 5.41) is 5.18. The van der Waals surface area contributed by atoms with Gasteiger partial charge in [-0.15, -0.1) is 0 Å². The van der Waals surface area contributed by atoms with Crippen LogP contribution in [0.25, 0.3) is 10.8 Å². The second kappa shape index (κ2) is 10.2. The van der Waals surface area contributed by atoms with Crippen molar-refractivity contribution in [3.05, 3.63) is 96.1 Å². The molecule has 184 valence electrons. The highest BCUT2D eigenvalue weighted by Crippen LogP contribution is 2.27. The lowest BCUT2D eigenvalue weighted by atomic mass is 9.94. The Hall–Kier alpha value is -4.13. The van der Waals surface area contributed by atoms with Crippen LogP contribution in [0.1, 0.15) is 40.6 Å². The second-order valence-electron chi connectivity index (χ2n) is 9.23. The van der Waals surface area contributed by atoms with E-state index >= 15 is 0 Å². The number of fused-ring (bicyclic) bond motifs is 1. The van der Waals surface area contributed by atoms with Gasteiger partial charge in [0.1, 0.15) is 17.6 Å². The van der Waals surface area contributed by atoms with Crippen molar-refractivity contribution in [3.63, 3.8) is 0 Å². The Balaban J connectivity index is 1.35. The summed E-state index contributed by atoms with van der Waals surface area (Å²) < 4.78 is 7.20. The largest absolute Gasteiger partial charge is 0.497 e. The fourth-order valence-electron chi connectivity index (χ4n) is 4.97. The number of nitrogens with one attached hydrogen (secondary N) is 1. The SMILES string of the molecule is COc1ccc([C@H](NC(=O)[C@@H]2CCCN(C(=O)c3cccc4ccccc34)C2)c2nccn2C)cc1. The van der Waals surface area contributed by atoms with Gasteiger partial charge in [0.15, 0.2) is 0 Å². The van der Waals surface area contributed by atoms with E-state index in [4.69, 9.17) is 4.74 Å². The molecular weight excluding hydrogens is 452 g/mol. The number of carbonyl (C=O) groups excluding carboxylic acids is 2. The molecule has 1 saturated heterocycles. The van der Waals surface area contributed by atoms with Crippen molar-refractivity contribution in [1.29, 1.82) is 0 Å². The van der Waals surface area contributed by atoms with Crippen LogP contribution >= 0.6 is 0 Å². The Morgan fingerprint density at radius 2 is 1.83 bits per heavy atom. The predicted octanol–water partition coefficient (Wildman–Crippen LogP) is 4.34. The molecule has 7 heteroatoms. The van der Waals surface area contributed by atoms with Crippen LogP contribution in [0.15, 0.2) is 79.1 Å². The van der Waals surface area contributed by atoms with Crippen molar-refractivity contribution in [3.8, 4) is 5.75 Å². The molecule has 2 amide bonds. The number of benzene rings is 3. The van der Waals surface area contributed by atoms with Crippen LogP contribution in [0.4, 0.5) is 0 Å². The lowest BCUT2D eigenvalue weighted by Gasteiger charge is -2.33. The minimum absolute atomic E-state index is 0.0277. The van der Waals surface area contributed by atoms with Crippen molar-refractivity contribution in [2.24, 2.45) is 13.0 Å². The summed E-state index contributed by atoms with van der Waals surface area (Å²) in [7, 11) is 3.54. The molecule has 5 rings (SSSR count). The number of imidazole rings is 1. The zero-order chi connectivity index (χ0) is 25.1. The lowest BCUT2D eigenvalue weighted by molar-refractivity contribution is -0.126. The van der Waals surface area contributed by atoms with E-state index in [-0.39, 0.29) is 17.7 Å². The third-order valence-corrected chi connectivity index (χ3v) is 6.95. The molecule has 1 aliphatic heterocycles. The van der Waals surface area contributed by atoms with E-state index in [1.165, 1.54) is 0 Å². The van der Waals surface area contributed by atoms with Crippen molar-refractivity contribution >= 4 is 22.6 Å². The van der Waals surface area contributed by atoms with Crippen molar-refractivity contribution < 1.29 is 14.3 Å². The van der Waals surface area contributed by atoms with Gasteiger partial charge in [-0.1, -0.05) is 48.5 Å². The van der Waals surface area contributed by atoms with E-state index in [1.807, 2.05) is 89.4 Å². The third-order valence-electron chi connectivity index (χ3n) is 6.95. The summed E-state index contributed by atoms with van der Waals surface area (Å²) in [5.41, 5.74) is 1.59. The number of carbonyl (C=O) groups is 2. The molecular formula is C29H30N4O3.